The standard InChI is InChI=1S/C18H36O6/c1-3-5-6-7-8-9-10-11-12-13-14-15-16-17-18-20-22-24-23-21-19-4-2/h4H,2-3,5-18H2,1H3. The molecule has 0 aliphatic rings. The first-order chi connectivity index (χ1) is 11.9. The van der Waals surface area contributed by atoms with Crippen LogP contribution in [0.2, 0.25) is 0 Å². The van der Waals surface area contributed by atoms with Gasteiger partial charge in [0.1, 0.15) is 6.26 Å². The first-order valence-corrected chi connectivity index (χ1v) is 9.47. The third-order valence-electron chi connectivity index (χ3n) is 3.82. The molecular weight excluding hydrogens is 312 g/mol. The Morgan fingerprint density at radius 3 is 1.54 bits per heavy atom. The van der Waals surface area contributed by atoms with E-state index in [0.29, 0.717) is 6.61 Å². The van der Waals surface area contributed by atoms with E-state index in [1.54, 1.807) is 0 Å². The molecule has 0 aliphatic heterocycles. The molecule has 0 fully saturated rings. The van der Waals surface area contributed by atoms with Crippen LogP contribution >= 0.6 is 0 Å². The summed E-state index contributed by atoms with van der Waals surface area (Å²) >= 11 is 0. The van der Waals surface area contributed by atoms with Crippen LogP contribution in [-0.2, 0) is 29.9 Å². The fraction of sp³-hybridized carbons (Fsp3) is 0.889. The van der Waals surface area contributed by atoms with Gasteiger partial charge in [0.25, 0.3) is 0 Å². The van der Waals surface area contributed by atoms with E-state index in [9.17, 15) is 0 Å². The van der Waals surface area contributed by atoms with Gasteiger partial charge in [-0.15, -0.1) is 0 Å². The van der Waals surface area contributed by atoms with Crippen LogP contribution in [0.5, 0.6) is 0 Å². The zero-order chi connectivity index (χ0) is 17.6. The normalized spacial score (nSPS) is 10.9. The second-order valence-electron chi connectivity index (χ2n) is 5.95. The summed E-state index contributed by atoms with van der Waals surface area (Å²) in [5.41, 5.74) is 0. The fourth-order valence-electron chi connectivity index (χ4n) is 2.48. The number of hydrogen-bond donors (Lipinski definition) is 0. The van der Waals surface area contributed by atoms with E-state index in [-0.39, 0.29) is 0 Å². The van der Waals surface area contributed by atoms with Crippen molar-refractivity contribution in [3.8, 4) is 0 Å². The van der Waals surface area contributed by atoms with Gasteiger partial charge in [0.15, 0.2) is 0 Å². The molecule has 24 heavy (non-hydrogen) atoms. The maximum atomic E-state index is 4.71. The SMILES string of the molecule is C=COOOOOOCCCCCCCCCCCCCCCC. The Labute approximate surface area is 147 Å². The molecule has 144 valence electrons. The van der Waals surface area contributed by atoms with E-state index < -0.39 is 0 Å². The lowest BCUT2D eigenvalue weighted by Gasteiger charge is -2.03. The van der Waals surface area contributed by atoms with Crippen molar-refractivity contribution < 1.29 is 29.9 Å². The van der Waals surface area contributed by atoms with Gasteiger partial charge in [-0.2, -0.15) is 0 Å². The molecule has 0 saturated heterocycles. The summed E-state index contributed by atoms with van der Waals surface area (Å²) in [5, 5.41) is 16.2. The van der Waals surface area contributed by atoms with E-state index in [1.165, 1.54) is 77.0 Å². The highest BCUT2D eigenvalue weighted by molar-refractivity contribution is 4.49. The summed E-state index contributed by atoms with van der Waals surface area (Å²) < 4.78 is 0. The molecule has 0 aromatic rings. The molecule has 0 bridgehead atoms. The van der Waals surface area contributed by atoms with Gasteiger partial charge in [-0.05, 0) is 16.5 Å². The lowest BCUT2D eigenvalue weighted by Crippen LogP contribution is -2.00. The number of hydrogen-bond acceptors (Lipinski definition) is 6. The zero-order valence-electron chi connectivity index (χ0n) is 15.3. The lowest BCUT2D eigenvalue weighted by molar-refractivity contribution is -0.751. The third kappa shape index (κ3) is 21.3. The lowest BCUT2D eigenvalue weighted by atomic mass is 10.0. The average molecular weight is 348 g/mol. The van der Waals surface area contributed by atoms with Crippen LogP contribution in [-0.4, -0.2) is 6.61 Å². The quantitative estimate of drug-likeness (QED) is 0.105. The summed E-state index contributed by atoms with van der Waals surface area (Å²) in [6.45, 7) is 5.94. The molecule has 0 spiro atoms. The highest BCUT2D eigenvalue weighted by Crippen LogP contribution is 2.12. The summed E-state index contributed by atoms with van der Waals surface area (Å²) in [5.74, 6) is 0. The fourth-order valence-corrected chi connectivity index (χ4v) is 2.48. The van der Waals surface area contributed by atoms with Crippen molar-refractivity contribution in [1.29, 1.82) is 0 Å². The van der Waals surface area contributed by atoms with Crippen LogP contribution in [0.1, 0.15) is 96.8 Å². The molecular formula is C18H36O6. The van der Waals surface area contributed by atoms with Gasteiger partial charge < -0.3 is 4.89 Å². The molecule has 0 unspecified atom stereocenters. The molecule has 0 amide bonds. The summed E-state index contributed by atoms with van der Waals surface area (Å²) in [4.78, 5) is 8.86. The highest BCUT2D eigenvalue weighted by atomic mass is 17.8. The van der Waals surface area contributed by atoms with Crippen molar-refractivity contribution in [2.24, 2.45) is 0 Å². The third-order valence-corrected chi connectivity index (χ3v) is 3.82. The van der Waals surface area contributed by atoms with Gasteiger partial charge in [0, 0.05) is 10.1 Å². The minimum Gasteiger partial charge on any atom is -0.315 e. The molecule has 0 aromatic heterocycles. The Hall–Kier alpha value is -0.660. The van der Waals surface area contributed by atoms with Gasteiger partial charge in [-0.25, -0.2) is 4.89 Å². The Morgan fingerprint density at radius 2 is 1.04 bits per heavy atom. The van der Waals surface area contributed by atoms with Crippen LogP contribution in [0.4, 0.5) is 0 Å². The Balaban J connectivity index is 2.94. The zero-order valence-corrected chi connectivity index (χ0v) is 15.3. The number of rotatable bonds is 21. The molecule has 6 heteroatoms. The van der Waals surface area contributed by atoms with Crippen molar-refractivity contribution in [3.05, 3.63) is 12.8 Å². The van der Waals surface area contributed by atoms with Gasteiger partial charge in [0.2, 0.25) is 0 Å². The van der Waals surface area contributed by atoms with Crippen LogP contribution in [0.3, 0.4) is 0 Å². The monoisotopic (exact) mass is 348 g/mol. The molecule has 6 nitrogen and oxygen atoms in total. The average Bonchev–Trinajstić information content (AvgIpc) is 2.60. The summed E-state index contributed by atoms with van der Waals surface area (Å²) in [7, 11) is 0. The maximum absolute atomic E-state index is 4.71. The second kappa shape index (κ2) is 22.3. The topological polar surface area (TPSA) is 55.4 Å². The summed E-state index contributed by atoms with van der Waals surface area (Å²) in [6, 6.07) is 0. The van der Waals surface area contributed by atoms with E-state index in [2.05, 4.69) is 38.5 Å². The highest BCUT2D eigenvalue weighted by Gasteiger charge is 1.96. The van der Waals surface area contributed by atoms with Gasteiger partial charge in [-0.1, -0.05) is 97.0 Å². The van der Waals surface area contributed by atoms with E-state index in [1.807, 2.05) is 0 Å². The van der Waals surface area contributed by atoms with Gasteiger partial charge >= 0.3 is 0 Å². The van der Waals surface area contributed by atoms with Crippen LogP contribution < -0.4 is 0 Å². The molecule has 0 rings (SSSR count). The second-order valence-corrected chi connectivity index (χ2v) is 5.95. The van der Waals surface area contributed by atoms with E-state index >= 15 is 0 Å². The van der Waals surface area contributed by atoms with Crippen molar-refractivity contribution >= 4 is 0 Å². The number of unbranched alkanes of at least 4 members (excludes halogenated alkanes) is 13. The van der Waals surface area contributed by atoms with Gasteiger partial charge in [0.05, 0.1) is 6.61 Å². The molecule has 0 aromatic carbocycles. The Morgan fingerprint density at radius 1 is 0.583 bits per heavy atom. The molecule has 0 atom stereocenters. The molecule has 0 saturated carbocycles. The molecule has 0 N–H and O–H groups in total. The molecule has 0 radical (unpaired) electrons. The van der Waals surface area contributed by atoms with Crippen LogP contribution in [0, 0.1) is 0 Å². The first-order valence-electron chi connectivity index (χ1n) is 9.47. The first kappa shape index (κ1) is 23.3. The Bertz CT molecular complexity index is 238. The van der Waals surface area contributed by atoms with Crippen molar-refractivity contribution in [3.63, 3.8) is 0 Å². The van der Waals surface area contributed by atoms with Gasteiger partial charge in [-0.3, -0.25) is 0 Å². The van der Waals surface area contributed by atoms with Crippen molar-refractivity contribution in [1.82, 2.24) is 0 Å². The largest absolute Gasteiger partial charge is 0.315 e. The molecule has 0 aliphatic carbocycles. The van der Waals surface area contributed by atoms with Crippen molar-refractivity contribution in [2.45, 2.75) is 96.8 Å². The minimum atomic E-state index is 0.448. The van der Waals surface area contributed by atoms with E-state index in [0.717, 1.165) is 19.1 Å². The maximum Gasteiger partial charge on any atom is 0.125 e. The van der Waals surface area contributed by atoms with Crippen molar-refractivity contribution in [2.75, 3.05) is 6.61 Å². The summed E-state index contributed by atoms with van der Waals surface area (Å²) in [6.07, 6.45) is 19.5. The minimum absolute atomic E-state index is 0.448. The van der Waals surface area contributed by atoms with E-state index in [4.69, 9.17) is 4.89 Å². The molecule has 0 heterocycles. The predicted molar refractivity (Wildman–Crippen MR) is 91.9 cm³/mol. The predicted octanol–water partition coefficient (Wildman–Crippen LogP) is 6.29. The van der Waals surface area contributed by atoms with Crippen LogP contribution in [0.15, 0.2) is 12.8 Å². The van der Waals surface area contributed by atoms with Crippen LogP contribution in [0.25, 0.3) is 0 Å². The smallest absolute Gasteiger partial charge is 0.125 e. The Kier molecular flexibility index (Phi) is 21.7.